The summed E-state index contributed by atoms with van der Waals surface area (Å²) in [5.74, 6) is 8.36. The lowest BCUT2D eigenvalue weighted by molar-refractivity contribution is -0.147. The van der Waals surface area contributed by atoms with Gasteiger partial charge in [0.1, 0.15) is 0 Å². The van der Waals surface area contributed by atoms with Gasteiger partial charge >= 0.3 is 0 Å². The number of alkyl halides is 2. The molecule has 1 unspecified atom stereocenters. The molecule has 1 aromatic heterocycles. The third-order valence-electron chi connectivity index (χ3n) is 7.52. The highest BCUT2D eigenvalue weighted by Gasteiger charge is 2.45. The molecular formula is C28H38F2N4O. The molecule has 190 valence electrons. The topological polar surface area (TPSA) is 80.3 Å². The number of benzene rings is 2. The standard InChI is InChI=1S/C28H34F2N2O.H4N2/c1-19(8-5-6-13-29)21-9-7-10-22(15-21)27-26-24(23-11-3-4-12-25(23)31-26)14-20(2)32(27)16-28(30)17-33-18-28;1-2/h3-4,7,9-12,15,19-20,27,31H,5-6,8,13-14,16-18H2,1-2H3;1-2H2/t19?,20-,27-;/m1./s1. The Morgan fingerprint density at radius 3 is 2.63 bits per heavy atom. The van der Waals surface area contributed by atoms with Crippen molar-refractivity contribution in [2.24, 2.45) is 11.7 Å². The largest absolute Gasteiger partial charge is 0.375 e. The van der Waals surface area contributed by atoms with Gasteiger partial charge in [-0.3, -0.25) is 21.0 Å². The average molecular weight is 485 g/mol. The molecule has 0 aliphatic carbocycles. The second kappa shape index (κ2) is 11.2. The Bertz CT molecular complexity index is 1110. The highest BCUT2D eigenvalue weighted by molar-refractivity contribution is 5.85. The van der Waals surface area contributed by atoms with Gasteiger partial charge in [0.05, 0.1) is 25.9 Å². The van der Waals surface area contributed by atoms with Gasteiger partial charge in [0.15, 0.2) is 5.67 Å². The summed E-state index contributed by atoms with van der Waals surface area (Å²) in [4.78, 5) is 6.02. The van der Waals surface area contributed by atoms with Crippen molar-refractivity contribution in [3.8, 4) is 0 Å². The van der Waals surface area contributed by atoms with Crippen LogP contribution in [0, 0.1) is 0 Å². The van der Waals surface area contributed by atoms with Gasteiger partial charge in [-0.25, -0.2) is 4.39 Å². The van der Waals surface area contributed by atoms with E-state index in [0.29, 0.717) is 18.9 Å². The molecule has 2 aromatic carbocycles. The first-order chi connectivity index (χ1) is 17.0. The summed E-state index contributed by atoms with van der Waals surface area (Å²) in [7, 11) is 0. The van der Waals surface area contributed by atoms with Crippen LogP contribution in [-0.4, -0.2) is 48.0 Å². The van der Waals surface area contributed by atoms with Crippen LogP contribution in [0.15, 0.2) is 48.5 Å². The lowest BCUT2D eigenvalue weighted by Crippen LogP contribution is -2.57. The molecule has 0 radical (unpaired) electrons. The number of halogens is 2. The van der Waals surface area contributed by atoms with E-state index in [4.69, 9.17) is 4.74 Å². The zero-order valence-corrected chi connectivity index (χ0v) is 20.8. The van der Waals surface area contributed by atoms with Crippen LogP contribution in [0.25, 0.3) is 10.9 Å². The number of nitrogens with one attached hydrogen (secondary N) is 1. The minimum atomic E-state index is -1.28. The van der Waals surface area contributed by atoms with Gasteiger partial charge in [0.2, 0.25) is 0 Å². The summed E-state index contributed by atoms with van der Waals surface area (Å²) in [5, 5.41) is 1.27. The van der Waals surface area contributed by atoms with Crippen LogP contribution in [0.5, 0.6) is 0 Å². The smallest absolute Gasteiger partial charge is 0.169 e. The molecule has 3 heterocycles. The van der Waals surface area contributed by atoms with Gasteiger partial charge in [-0.05, 0) is 54.9 Å². The fourth-order valence-electron chi connectivity index (χ4n) is 5.60. The highest BCUT2D eigenvalue weighted by Crippen LogP contribution is 2.43. The zero-order chi connectivity index (χ0) is 25.0. The molecule has 5 nitrogen and oxygen atoms in total. The number of unbranched alkanes of at least 4 members (excludes halogenated alkanes) is 1. The molecule has 2 aliphatic rings. The second-order valence-corrected chi connectivity index (χ2v) is 10.1. The van der Waals surface area contributed by atoms with Crippen molar-refractivity contribution >= 4 is 10.9 Å². The summed E-state index contributed by atoms with van der Waals surface area (Å²) in [6.45, 7) is 4.89. The first kappa shape index (κ1) is 25.8. The van der Waals surface area contributed by atoms with E-state index in [1.165, 1.54) is 27.8 Å². The van der Waals surface area contributed by atoms with Crippen molar-refractivity contribution in [1.29, 1.82) is 0 Å². The Morgan fingerprint density at radius 2 is 1.91 bits per heavy atom. The van der Waals surface area contributed by atoms with E-state index in [-0.39, 0.29) is 32.0 Å². The molecule has 7 heteroatoms. The molecule has 5 N–H and O–H groups in total. The van der Waals surface area contributed by atoms with E-state index >= 15 is 4.39 Å². The number of hydrazine groups is 1. The van der Waals surface area contributed by atoms with Gasteiger partial charge in [-0.1, -0.05) is 55.8 Å². The number of aromatic amines is 1. The van der Waals surface area contributed by atoms with Gasteiger partial charge in [-0.2, -0.15) is 0 Å². The van der Waals surface area contributed by atoms with Gasteiger partial charge in [0.25, 0.3) is 0 Å². The average Bonchev–Trinajstić information content (AvgIpc) is 3.22. The van der Waals surface area contributed by atoms with Crippen LogP contribution in [0.3, 0.4) is 0 Å². The normalized spacial score (nSPS) is 22.1. The third-order valence-corrected chi connectivity index (χ3v) is 7.52. The minimum absolute atomic E-state index is 0.0395. The maximum atomic E-state index is 15.3. The maximum absolute atomic E-state index is 15.3. The number of ether oxygens (including phenoxy) is 1. The summed E-state index contributed by atoms with van der Waals surface area (Å²) in [6, 6.07) is 17.4. The molecule has 2 aliphatic heterocycles. The number of nitrogens with two attached hydrogens (primary N) is 2. The van der Waals surface area contributed by atoms with Crippen molar-refractivity contribution < 1.29 is 13.5 Å². The number of para-hydroxylation sites is 1. The van der Waals surface area contributed by atoms with Crippen molar-refractivity contribution in [2.75, 3.05) is 26.4 Å². The Hall–Kier alpha value is -2.32. The van der Waals surface area contributed by atoms with E-state index in [1.807, 2.05) is 0 Å². The molecule has 3 atom stereocenters. The molecule has 0 saturated carbocycles. The Morgan fingerprint density at radius 1 is 1.14 bits per heavy atom. The first-order valence-corrected chi connectivity index (χ1v) is 12.6. The van der Waals surface area contributed by atoms with E-state index < -0.39 is 5.67 Å². The van der Waals surface area contributed by atoms with Gasteiger partial charge in [-0.15, -0.1) is 0 Å². The van der Waals surface area contributed by atoms with Crippen molar-refractivity contribution in [3.05, 3.63) is 70.9 Å². The van der Waals surface area contributed by atoms with Crippen LogP contribution in [0.1, 0.15) is 67.5 Å². The molecule has 35 heavy (non-hydrogen) atoms. The number of H-pyrrole nitrogens is 1. The minimum Gasteiger partial charge on any atom is -0.375 e. The second-order valence-electron chi connectivity index (χ2n) is 10.1. The maximum Gasteiger partial charge on any atom is 0.169 e. The number of fused-ring (bicyclic) bond motifs is 3. The lowest BCUT2D eigenvalue weighted by atomic mass is 9.85. The molecule has 5 rings (SSSR count). The van der Waals surface area contributed by atoms with Crippen molar-refractivity contribution in [3.63, 3.8) is 0 Å². The quantitative estimate of drug-likeness (QED) is 0.230. The Balaban J connectivity index is 0.00000141. The molecule has 0 amide bonds. The predicted molar refractivity (Wildman–Crippen MR) is 138 cm³/mol. The van der Waals surface area contributed by atoms with Crippen LogP contribution in [0.4, 0.5) is 8.78 Å². The number of aromatic nitrogens is 1. The van der Waals surface area contributed by atoms with Gasteiger partial charge < -0.3 is 9.72 Å². The van der Waals surface area contributed by atoms with E-state index in [2.05, 4.69) is 83.9 Å². The van der Waals surface area contributed by atoms with Crippen molar-refractivity contribution in [1.82, 2.24) is 9.88 Å². The predicted octanol–water partition coefficient (Wildman–Crippen LogP) is 5.30. The fraction of sp³-hybridized carbons (Fsp3) is 0.500. The number of hydrogen-bond donors (Lipinski definition) is 3. The SMILES string of the molecule is CC(CCCCF)c1cccc([C@@H]2c3[nH]c4ccccc4c3C[C@@H](C)N2CC2(F)COC2)c1.NN. The van der Waals surface area contributed by atoms with Crippen molar-refractivity contribution in [2.45, 2.75) is 63.2 Å². The summed E-state index contributed by atoms with van der Waals surface area (Å²) in [6.07, 6.45) is 3.38. The molecule has 1 saturated heterocycles. The van der Waals surface area contributed by atoms with Crippen LogP contribution >= 0.6 is 0 Å². The monoisotopic (exact) mass is 484 g/mol. The Labute approximate surface area is 206 Å². The van der Waals surface area contributed by atoms with E-state index in [9.17, 15) is 4.39 Å². The summed E-state index contributed by atoms with van der Waals surface area (Å²) >= 11 is 0. The molecule has 0 bridgehead atoms. The molecule has 3 aromatic rings. The number of nitrogens with zero attached hydrogens (tertiary/aromatic N) is 1. The number of hydrogen-bond acceptors (Lipinski definition) is 4. The van der Waals surface area contributed by atoms with Crippen LogP contribution in [0.2, 0.25) is 0 Å². The molecule has 0 spiro atoms. The summed E-state index contributed by atoms with van der Waals surface area (Å²) < 4.78 is 33.1. The lowest BCUT2D eigenvalue weighted by Gasteiger charge is -2.46. The highest BCUT2D eigenvalue weighted by atomic mass is 19.1. The molecular weight excluding hydrogens is 446 g/mol. The molecule has 1 fully saturated rings. The fourth-order valence-corrected chi connectivity index (χ4v) is 5.60. The van der Waals surface area contributed by atoms with E-state index in [0.717, 1.165) is 24.8 Å². The third kappa shape index (κ3) is 5.28. The Kier molecular flexibility index (Phi) is 8.22. The van der Waals surface area contributed by atoms with Crippen LogP contribution < -0.4 is 11.7 Å². The van der Waals surface area contributed by atoms with Crippen LogP contribution in [-0.2, 0) is 11.2 Å². The van der Waals surface area contributed by atoms with Gasteiger partial charge in [0, 0.05) is 29.2 Å². The van der Waals surface area contributed by atoms with E-state index in [1.54, 1.807) is 0 Å². The zero-order valence-electron chi connectivity index (χ0n) is 20.8. The first-order valence-electron chi connectivity index (χ1n) is 12.6. The number of rotatable bonds is 8. The summed E-state index contributed by atoms with van der Waals surface area (Å²) in [5.41, 5.74) is 4.84.